The summed E-state index contributed by atoms with van der Waals surface area (Å²) in [5.41, 5.74) is 1.41. The van der Waals surface area contributed by atoms with E-state index < -0.39 is 0 Å². The van der Waals surface area contributed by atoms with E-state index in [0.29, 0.717) is 17.9 Å². The maximum Gasteiger partial charge on any atom is 0.223 e. The van der Waals surface area contributed by atoms with Gasteiger partial charge in [0.05, 0.1) is 16.8 Å². The second-order valence-electron chi connectivity index (χ2n) is 4.12. The first-order chi connectivity index (χ1) is 9.76. The number of rotatable bonds is 4. The van der Waals surface area contributed by atoms with Crippen LogP contribution in [0.3, 0.4) is 0 Å². The molecule has 0 radical (unpaired) electrons. The molecule has 0 aromatic carbocycles. The number of thiophene rings is 1. The summed E-state index contributed by atoms with van der Waals surface area (Å²) in [5.74, 6) is 0.655. The van der Waals surface area contributed by atoms with E-state index in [0.717, 1.165) is 15.4 Å². The van der Waals surface area contributed by atoms with Crippen molar-refractivity contribution in [2.75, 3.05) is 6.61 Å². The maximum atomic E-state index is 8.96. The molecule has 0 unspecified atom stereocenters. The number of furan rings is 1. The fourth-order valence-electron chi connectivity index (χ4n) is 1.85. The van der Waals surface area contributed by atoms with E-state index >= 15 is 0 Å². The normalized spacial score (nSPS) is 10.9. The SMILES string of the molecule is OCCc1ccc(-c2cc(-c3ccco3)nc(Cl)n2)s1. The van der Waals surface area contributed by atoms with Crippen LogP contribution in [0.5, 0.6) is 0 Å². The van der Waals surface area contributed by atoms with Crippen LogP contribution in [0.25, 0.3) is 22.0 Å². The van der Waals surface area contributed by atoms with Crippen LogP contribution in [-0.4, -0.2) is 21.7 Å². The smallest absolute Gasteiger partial charge is 0.223 e. The minimum Gasteiger partial charge on any atom is -0.463 e. The number of hydrogen-bond acceptors (Lipinski definition) is 5. The first kappa shape index (κ1) is 13.3. The van der Waals surface area contributed by atoms with Crippen molar-refractivity contribution in [2.24, 2.45) is 0 Å². The third-order valence-electron chi connectivity index (χ3n) is 2.74. The predicted octanol–water partition coefficient (Wildman–Crippen LogP) is 3.65. The van der Waals surface area contributed by atoms with Gasteiger partial charge in [-0.1, -0.05) is 0 Å². The fourth-order valence-corrected chi connectivity index (χ4v) is 2.99. The highest BCUT2D eigenvalue weighted by Crippen LogP contribution is 2.30. The quantitative estimate of drug-likeness (QED) is 0.747. The van der Waals surface area contributed by atoms with Crippen LogP contribution in [0.2, 0.25) is 5.28 Å². The Morgan fingerprint density at radius 3 is 2.80 bits per heavy atom. The Hall–Kier alpha value is -1.69. The lowest BCUT2D eigenvalue weighted by Crippen LogP contribution is -1.89. The number of halogens is 1. The molecule has 20 heavy (non-hydrogen) atoms. The second-order valence-corrected chi connectivity index (χ2v) is 5.63. The Labute approximate surface area is 124 Å². The molecule has 6 heteroatoms. The van der Waals surface area contributed by atoms with Gasteiger partial charge in [-0.3, -0.25) is 0 Å². The Balaban J connectivity index is 2.00. The van der Waals surface area contributed by atoms with Crippen molar-refractivity contribution in [1.82, 2.24) is 9.97 Å². The summed E-state index contributed by atoms with van der Waals surface area (Å²) < 4.78 is 5.33. The molecule has 0 fully saturated rings. The molecule has 0 aliphatic heterocycles. The van der Waals surface area contributed by atoms with E-state index in [1.165, 1.54) is 0 Å². The summed E-state index contributed by atoms with van der Waals surface area (Å²) in [7, 11) is 0. The first-order valence-electron chi connectivity index (χ1n) is 6.04. The van der Waals surface area contributed by atoms with Gasteiger partial charge in [0.2, 0.25) is 5.28 Å². The molecule has 0 saturated heterocycles. The Morgan fingerprint density at radius 2 is 2.05 bits per heavy atom. The van der Waals surface area contributed by atoms with E-state index in [2.05, 4.69) is 9.97 Å². The van der Waals surface area contributed by atoms with Gasteiger partial charge in [-0.15, -0.1) is 11.3 Å². The van der Waals surface area contributed by atoms with Crippen molar-refractivity contribution in [1.29, 1.82) is 0 Å². The summed E-state index contributed by atoms with van der Waals surface area (Å²) in [6.07, 6.45) is 2.24. The zero-order valence-electron chi connectivity index (χ0n) is 10.4. The summed E-state index contributed by atoms with van der Waals surface area (Å²) in [4.78, 5) is 10.5. The Morgan fingerprint density at radius 1 is 1.20 bits per heavy atom. The highest BCUT2D eigenvalue weighted by molar-refractivity contribution is 7.15. The van der Waals surface area contributed by atoms with Crippen molar-refractivity contribution >= 4 is 22.9 Å². The molecule has 4 nitrogen and oxygen atoms in total. The summed E-state index contributed by atoms with van der Waals surface area (Å²) in [6, 6.07) is 9.43. The highest BCUT2D eigenvalue weighted by atomic mass is 35.5. The molecule has 0 saturated carbocycles. The van der Waals surface area contributed by atoms with Gasteiger partial charge in [0.25, 0.3) is 0 Å². The standard InChI is InChI=1S/C14H11ClN2O2S/c15-14-16-10(12-2-1-7-19-12)8-11(17-14)13-4-3-9(20-13)5-6-18/h1-4,7-8,18H,5-6H2. The van der Waals surface area contributed by atoms with Crippen LogP contribution in [0.4, 0.5) is 0 Å². The van der Waals surface area contributed by atoms with Gasteiger partial charge >= 0.3 is 0 Å². The molecular weight excluding hydrogens is 296 g/mol. The van der Waals surface area contributed by atoms with Crippen LogP contribution in [-0.2, 0) is 6.42 Å². The van der Waals surface area contributed by atoms with Crippen molar-refractivity contribution in [3.8, 4) is 22.0 Å². The van der Waals surface area contributed by atoms with Gasteiger partial charge in [-0.05, 0) is 41.9 Å². The number of aliphatic hydroxyl groups excluding tert-OH is 1. The molecule has 0 amide bonds. The molecule has 0 bridgehead atoms. The Bertz CT molecular complexity index is 710. The third kappa shape index (κ3) is 2.75. The zero-order valence-corrected chi connectivity index (χ0v) is 12.0. The van der Waals surface area contributed by atoms with E-state index in [4.69, 9.17) is 21.1 Å². The van der Waals surface area contributed by atoms with Crippen molar-refractivity contribution in [3.05, 3.63) is 46.8 Å². The van der Waals surface area contributed by atoms with E-state index in [1.54, 1.807) is 23.7 Å². The molecule has 0 spiro atoms. The lowest BCUT2D eigenvalue weighted by molar-refractivity contribution is 0.300. The lowest BCUT2D eigenvalue weighted by atomic mass is 10.2. The van der Waals surface area contributed by atoms with Crippen LogP contribution in [0, 0.1) is 0 Å². The van der Waals surface area contributed by atoms with Gasteiger partial charge in [0, 0.05) is 17.9 Å². The molecular formula is C14H11ClN2O2S. The zero-order chi connectivity index (χ0) is 13.9. The highest BCUT2D eigenvalue weighted by Gasteiger charge is 2.11. The van der Waals surface area contributed by atoms with Crippen LogP contribution in [0.15, 0.2) is 41.0 Å². The summed E-state index contributed by atoms with van der Waals surface area (Å²) in [6.45, 7) is 0.141. The molecule has 1 N–H and O–H groups in total. The minimum absolute atomic E-state index is 0.141. The third-order valence-corrected chi connectivity index (χ3v) is 4.08. The Kier molecular flexibility index (Phi) is 3.82. The summed E-state index contributed by atoms with van der Waals surface area (Å²) >= 11 is 7.57. The second kappa shape index (κ2) is 5.75. The fraction of sp³-hybridized carbons (Fsp3) is 0.143. The largest absolute Gasteiger partial charge is 0.463 e. The van der Waals surface area contributed by atoms with E-state index in [-0.39, 0.29) is 11.9 Å². The topological polar surface area (TPSA) is 59.2 Å². The van der Waals surface area contributed by atoms with Gasteiger partial charge in [-0.2, -0.15) is 0 Å². The van der Waals surface area contributed by atoms with Gasteiger partial charge < -0.3 is 9.52 Å². The van der Waals surface area contributed by atoms with Crippen molar-refractivity contribution in [3.63, 3.8) is 0 Å². The molecule has 3 heterocycles. The average molecular weight is 307 g/mol. The molecule has 102 valence electrons. The number of nitrogens with zero attached hydrogens (tertiary/aromatic N) is 2. The molecule has 0 aliphatic rings. The number of hydrogen-bond donors (Lipinski definition) is 1. The van der Waals surface area contributed by atoms with Crippen LogP contribution >= 0.6 is 22.9 Å². The summed E-state index contributed by atoms with van der Waals surface area (Å²) in [5, 5.41) is 9.15. The monoisotopic (exact) mass is 306 g/mol. The maximum absolute atomic E-state index is 8.96. The van der Waals surface area contributed by atoms with Crippen LogP contribution < -0.4 is 0 Å². The first-order valence-corrected chi connectivity index (χ1v) is 7.24. The number of aromatic nitrogens is 2. The molecule has 3 aromatic heterocycles. The van der Waals surface area contributed by atoms with E-state index in [9.17, 15) is 0 Å². The molecule has 3 aromatic rings. The molecule has 0 atom stereocenters. The predicted molar refractivity (Wildman–Crippen MR) is 78.8 cm³/mol. The van der Waals surface area contributed by atoms with Crippen molar-refractivity contribution < 1.29 is 9.52 Å². The van der Waals surface area contributed by atoms with Gasteiger partial charge in [0.15, 0.2) is 5.76 Å². The van der Waals surface area contributed by atoms with E-state index in [1.807, 2.05) is 24.3 Å². The molecule has 3 rings (SSSR count). The van der Waals surface area contributed by atoms with Crippen LogP contribution in [0.1, 0.15) is 4.88 Å². The molecule has 0 aliphatic carbocycles. The lowest BCUT2D eigenvalue weighted by Gasteiger charge is -2.01. The number of aliphatic hydroxyl groups is 1. The van der Waals surface area contributed by atoms with Crippen molar-refractivity contribution in [2.45, 2.75) is 6.42 Å². The average Bonchev–Trinajstić information content (AvgIpc) is 3.09. The minimum atomic E-state index is 0.141. The van der Waals surface area contributed by atoms with Gasteiger partial charge in [-0.25, -0.2) is 9.97 Å². The van der Waals surface area contributed by atoms with Gasteiger partial charge in [0.1, 0.15) is 5.69 Å².